The predicted octanol–water partition coefficient (Wildman–Crippen LogP) is 6.63. The number of benzene rings is 2. The lowest BCUT2D eigenvalue weighted by Gasteiger charge is -2.22. The third-order valence-electron chi connectivity index (χ3n) is 4.03. The summed E-state index contributed by atoms with van der Waals surface area (Å²) in [4.78, 5) is 1.34. The van der Waals surface area contributed by atoms with Gasteiger partial charge in [-0.25, -0.2) is 0 Å². The van der Waals surface area contributed by atoms with Gasteiger partial charge in [-0.2, -0.15) is 5.10 Å². The second-order valence-electron chi connectivity index (χ2n) is 5.61. The van der Waals surface area contributed by atoms with Gasteiger partial charge in [0.2, 0.25) is 0 Å². The third kappa shape index (κ3) is 3.21. The highest BCUT2D eigenvalue weighted by Crippen LogP contribution is 2.39. The lowest BCUT2D eigenvalue weighted by molar-refractivity contribution is 0.722. The first-order valence-electron chi connectivity index (χ1n) is 7.62. The minimum absolute atomic E-state index is 0.248. The maximum absolute atomic E-state index is 4.96. The van der Waals surface area contributed by atoms with E-state index in [1.54, 1.807) is 11.3 Å². The fourth-order valence-electron chi connectivity index (χ4n) is 2.89. The number of thiophene rings is 1. The fraction of sp³-hybridized carbons (Fsp3) is 0.105. The topological polar surface area (TPSA) is 15.6 Å². The molecule has 4 rings (SSSR count). The normalized spacial score (nSPS) is 17.2. The van der Waals surface area contributed by atoms with E-state index in [-0.39, 0.29) is 6.04 Å². The first kappa shape index (κ1) is 16.1. The van der Waals surface area contributed by atoms with E-state index in [2.05, 4.69) is 96.8 Å². The molecule has 0 radical (unpaired) electrons. The molecule has 0 amide bonds. The van der Waals surface area contributed by atoms with Crippen molar-refractivity contribution in [3.05, 3.63) is 85.4 Å². The van der Waals surface area contributed by atoms with Crippen LogP contribution in [-0.2, 0) is 0 Å². The lowest BCUT2D eigenvalue weighted by Crippen LogP contribution is -2.17. The van der Waals surface area contributed by atoms with Gasteiger partial charge in [-0.15, -0.1) is 11.3 Å². The van der Waals surface area contributed by atoms with Crippen molar-refractivity contribution in [2.45, 2.75) is 12.5 Å². The van der Waals surface area contributed by atoms with Crippen molar-refractivity contribution in [2.75, 3.05) is 5.01 Å². The summed E-state index contributed by atoms with van der Waals surface area (Å²) in [5.74, 6) is 0. The van der Waals surface area contributed by atoms with Crippen molar-refractivity contribution in [1.82, 2.24) is 0 Å². The Morgan fingerprint density at radius 2 is 1.79 bits per heavy atom. The minimum atomic E-state index is 0.248. The number of anilines is 1. The molecule has 5 heteroatoms. The van der Waals surface area contributed by atoms with E-state index < -0.39 is 0 Å². The molecule has 2 heterocycles. The number of hydrogen-bond donors (Lipinski definition) is 0. The van der Waals surface area contributed by atoms with Crippen molar-refractivity contribution >= 4 is 54.6 Å². The Kier molecular flexibility index (Phi) is 4.57. The molecule has 2 aromatic carbocycles. The lowest BCUT2D eigenvalue weighted by atomic mass is 10.0. The van der Waals surface area contributed by atoms with Gasteiger partial charge in [0.25, 0.3) is 0 Å². The Morgan fingerprint density at radius 1 is 0.958 bits per heavy atom. The number of hydrazone groups is 1. The molecule has 24 heavy (non-hydrogen) atoms. The Hall–Kier alpha value is -1.43. The number of rotatable bonds is 3. The van der Waals surface area contributed by atoms with E-state index in [0.29, 0.717) is 0 Å². The van der Waals surface area contributed by atoms with Gasteiger partial charge in [-0.3, -0.25) is 5.01 Å². The third-order valence-corrected chi connectivity index (χ3v) is 6.03. The predicted molar refractivity (Wildman–Crippen MR) is 109 cm³/mol. The zero-order chi connectivity index (χ0) is 16.5. The van der Waals surface area contributed by atoms with Gasteiger partial charge < -0.3 is 0 Å². The Labute approximate surface area is 162 Å². The summed E-state index contributed by atoms with van der Waals surface area (Å²) >= 11 is 8.86. The van der Waals surface area contributed by atoms with Crippen LogP contribution in [0.25, 0.3) is 0 Å². The fourth-order valence-corrected chi connectivity index (χ4v) is 4.35. The molecular weight excluding hydrogens is 448 g/mol. The first-order chi connectivity index (χ1) is 11.7. The van der Waals surface area contributed by atoms with E-state index in [1.165, 1.54) is 10.4 Å². The summed E-state index contributed by atoms with van der Waals surface area (Å²) in [6.45, 7) is 0. The maximum Gasteiger partial charge on any atom is 0.0923 e. The van der Waals surface area contributed by atoms with Crippen molar-refractivity contribution in [3.8, 4) is 0 Å². The molecule has 1 aliphatic rings. The van der Waals surface area contributed by atoms with E-state index in [4.69, 9.17) is 5.10 Å². The Morgan fingerprint density at radius 3 is 2.50 bits per heavy atom. The van der Waals surface area contributed by atoms with Gasteiger partial charge in [-0.05, 0) is 47.3 Å². The van der Waals surface area contributed by atoms with Crippen LogP contribution in [0, 0.1) is 0 Å². The van der Waals surface area contributed by atoms with Gasteiger partial charge in [-0.1, -0.05) is 56.1 Å². The van der Waals surface area contributed by atoms with Crippen molar-refractivity contribution < 1.29 is 0 Å². The monoisotopic (exact) mass is 460 g/mol. The smallest absolute Gasteiger partial charge is 0.0923 e. The highest BCUT2D eigenvalue weighted by atomic mass is 79.9. The van der Waals surface area contributed by atoms with Crippen LogP contribution in [0.5, 0.6) is 0 Å². The van der Waals surface area contributed by atoms with Crippen LogP contribution in [0.4, 0.5) is 5.69 Å². The molecule has 120 valence electrons. The zero-order valence-electron chi connectivity index (χ0n) is 12.7. The van der Waals surface area contributed by atoms with Crippen molar-refractivity contribution in [3.63, 3.8) is 0 Å². The maximum atomic E-state index is 4.96. The van der Waals surface area contributed by atoms with Crippen LogP contribution in [0.1, 0.15) is 22.9 Å². The van der Waals surface area contributed by atoms with E-state index in [0.717, 1.165) is 26.8 Å². The molecule has 3 aromatic rings. The SMILES string of the molecule is Brc1ccc(C2=NN(c3cccc(Br)c3)C(c3cccs3)C2)cc1. The molecule has 0 saturated carbocycles. The summed E-state index contributed by atoms with van der Waals surface area (Å²) in [7, 11) is 0. The summed E-state index contributed by atoms with van der Waals surface area (Å²) in [5, 5.41) is 9.24. The van der Waals surface area contributed by atoms with Crippen LogP contribution >= 0.6 is 43.2 Å². The summed E-state index contributed by atoms with van der Waals surface area (Å²) < 4.78 is 2.15. The molecule has 1 unspecified atom stereocenters. The molecular formula is C19H14Br2N2S. The van der Waals surface area contributed by atoms with Gasteiger partial charge in [0.05, 0.1) is 17.4 Å². The minimum Gasteiger partial charge on any atom is -0.257 e. The van der Waals surface area contributed by atoms with Crippen LogP contribution in [0.3, 0.4) is 0 Å². The Bertz CT molecular complexity index is 873. The number of hydrogen-bond acceptors (Lipinski definition) is 3. The highest BCUT2D eigenvalue weighted by molar-refractivity contribution is 9.10. The van der Waals surface area contributed by atoms with Crippen molar-refractivity contribution in [2.24, 2.45) is 5.10 Å². The molecule has 2 nitrogen and oxygen atoms in total. The van der Waals surface area contributed by atoms with E-state index in [1.807, 2.05) is 6.07 Å². The van der Waals surface area contributed by atoms with Gasteiger partial charge in [0, 0.05) is 20.2 Å². The van der Waals surface area contributed by atoms with Crippen LogP contribution in [0.15, 0.2) is 80.1 Å². The number of halogens is 2. The zero-order valence-corrected chi connectivity index (χ0v) is 16.7. The highest BCUT2D eigenvalue weighted by Gasteiger charge is 2.30. The molecule has 0 saturated heterocycles. The molecule has 1 aliphatic heterocycles. The van der Waals surface area contributed by atoms with Gasteiger partial charge >= 0.3 is 0 Å². The van der Waals surface area contributed by atoms with E-state index in [9.17, 15) is 0 Å². The summed E-state index contributed by atoms with van der Waals surface area (Å²) in [5.41, 5.74) is 3.41. The van der Waals surface area contributed by atoms with Crippen LogP contribution in [0.2, 0.25) is 0 Å². The molecule has 0 aliphatic carbocycles. The standard InChI is InChI=1S/C19H14Br2N2S/c20-14-8-6-13(7-9-14)17-12-18(19-5-2-10-24-19)23(22-17)16-4-1-3-15(21)11-16/h1-11,18H,12H2. The van der Waals surface area contributed by atoms with Gasteiger partial charge in [0.1, 0.15) is 0 Å². The van der Waals surface area contributed by atoms with Gasteiger partial charge in [0.15, 0.2) is 0 Å². The first-order valence-corrected chi connectivity index (χ1v) is 10.1. The molecule has 0 bridgehead atoms. The largest absolute Gasteiger partial charge is 0.257 e. The molecule has 1 aromatic heterocycles. The second-order valence-corrected chi connectivity index (χ2v) is 8.42. The van der Waals surface area contributed by atoms with Crippen LogP contribution < -0.4 is 5.01 Å². The average Bonchev–Trinajstić information content (AvgIpc) is 3.25. The molecule has 0 N–H and O–H groups in total. The molecule has 0 fully saturated rings. The average molecular weight is 462 g/mol. The Balaban J connectivity index is 1.75. The number of nitrogens with zero attached hydrogens (tertiary/aromatic N) is 2. The van der Waals surface area contributed by atoms with Crippen LogP contribution in [-0.4, -0.2) is 5.71 Å². The second kappa shape index (κ2) is 6.82. The van der Waals surface area contributed by atoms with Crippen molar-refractivity contribution in [1.29, 1.82) is 0 Å². The quantitative estimate of drug-likeness (QED) is 0.427. The summed E-state index contributed by atoms with van der Waals surface area (Å²) in [6.07, 6.45) is 0.911. The van der Waals surface area contributed by atoms with E-state index >= 15 is 0 Å². The summed E-state index contributed by atoms with van der Waals surface area (Å²) in [6, 6.07) is 21.3. The molecule has 0 spiro atoms. The molecule has 1 atom stereocenters.